The Morgan fingerprint density at radius 1 is 1.05 bits per heavy atom. The van der Waals surface area contributed by atoms with Crippen LogP contribution in [-0.2, 0) is 0 Å². The Labute approximate surface area is 123 Å². The van der Waals surface area contributed by atoms with Gasteiger partial charge in [-0.1, -0.05) is 25.1 Å². The van der Waals surface area contributed by atoms with Gasteiger partial charge in [0.1, 0.15) is 5.82 Å². The predicted octanol–water partition coefficient (Wildman–Crippen LogP) is 3.98. The highest BCUT2D eigenvalue weighted by Gasteiger charge is 2.16. The highest BCUT2D eigenvalue weighted by atomic mass is 19.1. The fourth-order valence-electron chi connectivity index (χ4n) is 2.34. The minimum absolute atomic E-state index is 0.185. The maximum absolute atomic E-state index is 13.9. The molecule has 2 rings (SSSR count). The van der Waals surface area contributed by atoms with E-state index in [1.807, 2.05) is 13.0 Å². The SMILES string of the molecule is CCNC(c1ccc(F)c(C)c1)c1ccc(OC)c(F)c1. The molecule has 2 aromatic carbocycles. The van der Waals surface area contributed by atoms with Gasteiger partial charge in [0, 0.05) is 0 Å². The number of methoxy groups -OCH3 is 1. The van der Waals surface area contributed by atoms with E-state index < -0.39 is 5.82 Å². The zero-order chi connectivity index (χ0) is 15.4. The quantitative estimate of drug-likeness (QED) is 0.899. The fraction of sp³-hybridized carbons (Fsp3) is 0.294. The molecule has 112 valence electrons. The molecule has 0 heterocycles. The Morgan fingerprint density at radius 2 is 1.71 bits per heavy atom. The second-order valence-corrected chi connectivity index (χ2v) is 4.89. The normalized spacial score (nSPS) is 12.2. The van der Waals surface area contributed by atoms with E-state index in [1.54, 1.807) is 25.1 Å². The van der Waals surface area contributed by atoms with Crippen molar-refractivity contribution < 1.29 is 13.5 Å². The van der Waals surface area contributed by atoms with E-state index in [1.165, 1.54) is 19.2 Å². The summed E-state index contributed by atoms with van der Waals surface area (Å²) in [6.07, 6.45) is 0. The Bertz CT molecular complexity index is 628. The number of nitrogens with one attached hydrogen (secondary N) is 1. The molecule has 2 nitrogen and oxygen atoms in total. The van der Waals surface area contributed by atoms with E-state index in [0.29, 0.717) is 5.56 Å². The molecule has 1 unspecified atom stereocenters. The van der Waals surface area contributed by atoms with Gasteiger partial charge in [-0.05, 0) is 48.4 Å². The number of rotatable bonds is 5. The molecular weight excluding hydrogens is 272 g/mol. The van der Waals surface area contributed by atoms with E-state index in [4.69, 9.17) is 4.74 Å². The predicted molar refractivity (Wildman–Crippen MR) is 79.6 cm³/mol. The van der Waals surface area contributed by atoms with Crippen molar-refractivity contribution in [2.24, 2.45) is 0 Å². The summed E-state index contributed by atoms with van der Waals surface area (Å²) in [6.45, 7) is 4.41. The summed E-state index contributed by atoms with van der Waals surface area (Å²) in [7, 11) is 1.43. The summed E-state index contributed by atoms with van der Waals surface area (Å²) < 4.78 is 32.2. The van der Waals surface area contributed by atoms with Crippen LogP contribution in [0.5, 0.6) is 5.75 Å². The van der Waals surface area contributed by atoms with Gasteiger partial charge < -0.3 is 10.1 Å². The highest BCUT2D eigenvalue weighted by molar-refractivity contribution is 5.38. The lowest BCUT2D eigenvalue weighted by atomic mass is 9.97. The third-order valence-corrected chi connectivity index (χ3v) is 3.43. The lowest BCUT2D eigenvalue weighted by Gasteiger charge is -2.20. The first-order chi connectivity index (χ1) is 10.1. The van der Waals surface area contributed by atoms with Crippen LogP contribution in [0.3, 0.4) is 0 Å². The topological polar surface area (TPSA) is 21.3 Å². The van der Waals surface area contributed by atoms with Crippen molar-refractivity contribution in [3.05, 3.63) is 64.7 Å². The van der Waals surface area contributed by atoms with E-state index >= 15 is 0 Å². The minimum atomic E-state index is -0.406. The second kappa shape index (κ2) is 6.68. The highest BCUT2D eigenvalue weighted by Crippen LogP contribution is 2.27. The second-order valence-electron chi connectivity index (χ2n) is 4.89. The summed E-state index contributed by atoms with van der Waals surface area (Å²) in [4.78, 5) is 0. The molecule has 0 bridgehead atoms. The third kappa shape index (κ3) is 3.39. The Morgan fingerprint density at radius 3 is 2.29 bits per heavy atom. The summed E-state index contributed by atoms with van der Waals surface area (Å²) in [5, 5.41) is 3.30. The number of halogens is 2. The minimum Gasteiger partial charge on any atom is -0.494 e. The van der Waals surface area contributed by atoms with E-state index in [-0.39, 0.29) is 17.6 Å². The molecule has 0 spiro atoms. The zero-order valence-electron chi connectivity index (χ0n) is 12.4. The fourth-order valence-corrected chi connectivity index (χ4v) is 2.34. The van der Waals surface area contributed by atoms with Crippen LogP contribution in [0, 0.1) is 18.6 Å². The molecule has 0 aromatic heterocycles. The van der Waals surface area contributed by atoms with Crippen LogP contribution in [-0.4, -0.2) is 13.7 Å². The van der Waals surface area contributed by atoms with E-state index in [9.17, 15) is 8.78 Å². The van der Waals surface area contributed by atoms with Crippen LogP contribution < -0.4 is 10.1 Å². The molecule has 2 aromatic rings. The summed E-state index contributed by atoms with van der Waals surface area (Å²) >= 11 is 0. The number of hydrogen-bond donors (Lipinski definition) is 1. The molecule has 1 atom stereocenters. The first-order valence-corrected chi connectivity index (χ1v) is 6.89. The Kier molecular flexibility index (Phi) is 4.91. The van der Waals surface area contributed by atoms with Crippen molar-refractivity contribution in [2.75, 3.05) is 13.7 Å². The Balaban J connectivity index is 2.42. The maximum Gasteiger partial charge on any atom is 0.165 e. The van der Waals surface area contributed by atoms with Gasteiger partial charge in [0.25, 0.3) is 0 Å². The maximum atomic E-state index is 13.9. The van der Waals surface area contributed by atoms with Gasteiger partial charge in [0.2, 0.25) is 0 Å². The van der Waals surface area contributed by atoms with Gasteiger partial charge in [-0.2, -0.15) is 0 Å². The first-order valence-electron chi connectivity index (χ1n) is 6.89. The van der Waals surface area contributed by atoms with Crippen molar-refractivity contribution in [2.45, 2.75) is 19.9 Å². The van der Waals surface area contributed by atoms with Crippen molar-refractivity contribution in [1.29, 1.82) is 0 Å². The van der Waals surface area contributed by atoms with Crippen molar-refractivity contribution in [3.63, 3.8) is 0 Å². The average molecular weight is 291 g/mol. The molecule has 21 heavy (non-hydrogen) atoms. The molecule has 0 aliphatic rings. The van der Waals surface area contributed by atoms with Crippen molar-refractivity contribution in [3.8, 4) is 5.75 Å². The van der Waals surface area contributed by atoms with Crippen LogP contribution in [0.15, 0.2) is 36.4 Å². The van der Waals surface area contributed by atoms with Gasteiger partial charge in [-0.3, -0.25) is 0 Å². The van der Waals surface area contributed by atoms with E-state index in [2.05, 4.69) is 5.32 Å². The first kappa shape index (κ1) is 15.4. The van der Waals surface area contributed by atoms with Crippen LogP contribution in [0.1, 0.15) is 29.7 Å². The molecule has 4 heteroatoms. The molecular formula is C17H19F2NO. The van der Waals surface area contributed by atoms with Gasteiger partial charge in [0.15, 0.2) is 11.6 Å². The molecule has 0 saturated heterocycles. The van der Waals surface area contributed by atoms with E-state index in [0.717, 1.165) is 17.7 Å². The lowest BCUT2D eigenvalue weighted by molar-refractivity contribution is 0.385. The zero-order valence-corrected chi connectivity index (χ0v) is 12.4. The standard InChI is InChI=1S/C17H19F2NO/c1-4-20-17(12-5-7-14(18)11(2)9-12)13-6-8-16(21-3)15(19)10-13/h5-10,17,20H,4H2,1-3H3. The van der Waals surface area contributed by atoms with Crippen LogP contribution in [0.2, 0.25) is 0 Å². The molecule has 0 radical (unpaired) electrons. The van der Waals surface area contributed by atoms with Crippen LogP contribution in [0.4, 0.5) is 8.78 Å². The van der Waals surface area contributed by atoms with Crippen molar-refractivity contribution in [1.82, 2.24) is 5.32 Å². The molecule has 0 saturated carbocycles. The van der Waals surface area contributed by atoms with Gasteiger partial charge in [-0.25, -0.2) is 8.78 Å². The largest absolute Gasteiger partial charge is 0.494 e. The van der Waals surface area contributed by atoms with Crippen LogP contribution >= 0.6 is 0 Å². The summed E-state index contributed by atoms with van der Waals surface area (Å²) in [5.74, 6) is -0.434. The number of ether oxygens (including phenoxy) is 1. The monoisotopic (exact) mass is 291 g/mol. The van der Waals surface area contributed by atoms with Crippen molar-refractivity contribution >= 4 is 0 Å². The smallest absolute Gasteiger partial charge is 0.165 e. The Hall–Kier alpha value is -1.94. The number of hydrogen-bond acceptors (Lipinski definition) is 2. The van der Waals surface area contributed by atoms with Gasteiger partial charge in [0.05, 0.1) is 13.2 Å². The number of aryl methyl sites for hydroxylation is 1. The molecule has 0 aliphatic heterocycles. The molecule has 0 aliphatic carbocycles. The average Bonchev–Trinajstić information content (AvgIpc) is 2.48. The van der Waals surface area contributed by atoms with Gasteiger partial charge in [-0.15, -0.1) is 0 Å². The van der Waals surface area contributed by atoms with Gasteiger partial charge >= 0.3 is 0 Å². The number of benzene rings is 2. The summed E-state index contributed by atoms with van der Waals surface area (Å²) in [5.41, 5.74) is 2.26. The third-order valence-electron chi connectivity index (χ3n) is 3.43. The molecule has 1 N–H and O–H groups in total. The summed E-state index contributed by atoms with van der Waals surface area (Å²) in [6, 6.07) is 9.62. The molecule has 0 fully saturated rings. The molecule has 0 amide bonds. The lowest BCUT2D eigenvalue weighted by Crippen LogP contribution is -2.22. The van der Waals surface area contributed by atoms with Crippen LogP contribution in [0.25, 0.3) is 0 Å².